The molecule has 3 N–H and O–H groups in total. The summed E-state index contributed by atoms with van der Waals surface area (Å²) in [4.78, 5) is 19.1. The molecule has 0 saturated heterocycles. The van der Waals surface area contributed by atoms with Gasteiger partial charge in [-0.1, -0.05) is 54.4 Å². The Morgan fingerprint density at radius 3 is 2.42 bits per heavy atom. The predicted molar refractivity (Wildman–Crippen MR) is 140 cm³/mol. The Labute approximate surface area is 205 Å². The Morgan fingerprint density at radius 2 is 1.85 bits per heavy atom. The molecule has 1 radical (unpaired) electrons. The fraction of sp³-hybridized carbons (Fsp3) is 0.654. The first-order chi connectivity index (χ1) is 15.2. The van der Waals surface area contributed by atoms with Crippen LogP contribution in [0.25, 0.3) is 0 Å². The summed E-state index contributed by atoms with van der Waals surface area (Å²) < 4.78 is 0. The SMILES string of the molecule is CN(C)C(=O)[C@@H](NC(=S)N[C@@H]1CCCC[C@H]1N=Cc1c[c]cc(C(C)(C)C)c1O)C(C)(C)C. The Hall–Kier alpha value is -2.15. The van der Waals surface area contributed by atoms with Gasteiger partial charge in [0.05, 0.1) is 12.1 Å². The van der Waals surface area contributed by atoms with E-state index in [0.29, 0.717) is 10.7 Å². The lowest BCUT2D eigenvalue weighted by Gasteiger charge is -2.35. The van der Waals surface area contributed by atoms with Crippen LogP contribution in [0.3, 0.4) is 0 Å². The molecule has 1 aromatic rings. The molecule has 1 saturated carbocycles. The van der Waals surface area contributed by atoms with Crippen molar-refractivity contribution >= 4 is 29.5 Å². The Balaban J connectivity index is 2.14. The molecular weight excluding hydrogens is 432 g/mol. The van der Waals surface area contributed by atoms with Crippen molar-refractivity contribution in [2.24, 2.45) is 10.4 Å². The van der Waals surface area contributed by atoms with Gasteiger partial charge in [-0.15, -0.1) is 0 Å². The number of phenols is 1. The highest BCUT2D eigenvalue weighted by atomic mass is 32.1. The summed E-state index contributed by atoms with van der Waals surface area (Å²) in [5.74, 6) is 0.257. The van der Waals surface area contributed by atoms with Gasteiger partial charge in [-0.3, -0.25) is 9.79 Å². The van der Waals surface area contributed by atoms with Crippen molar-refractivity contribution in [3.8, 4) is 5.75 Å². The first-order valence-corrected chi connectivity index (χ1v) is 12.2. The third-order valence-corrected chi connectivity index (χ3v) is 6.32. The van der Waals surface area contributed by atoms with Crippen molar-refractivity contribution in [3.05, 3.63) is 29.3 Å². The van der Waals surface area contributed by atoms with Gasteiger partial charge in [0.2, 0.25) is 5.91 Å². The summed E-state index contributed by atoms with van der Waals surface area (Å²) in [5.41, 5.74) is 1.07. The van der Waals surface area contributed by atoms with E-state index in [9.17, 15) is 9.90 Å². The molecule has 1 amide bonds. The van der Waals surface area contributed by atoms with Gasteiger partial charge in [0.25, 0.3) is 0 Å². The van der Waals surface area contributed by atoms with E-state index in [4.69, 9.17) is 17.2 Å². The largest absolute Gasteiger partial charge is 0.507 e. The first-order valence-electron chi connectivity index (χ1n) is 11.8. The molecule has 1 aliphatic carbocycles. The molecule has 0 bridgehead atoms. The number of nitrogens with one attached hydrogen (secondary N) is 2. The molecule has 6 nitrogen and oxygen atoms in total. The number of rotatable bonds is 5. The summed E-state index contributed by atoms with van der Waals surface area (Å²) in [5, 5.41) is 17.9. The number of phenolic OH excluding ortho intramolecular Hbond substituents is 1. The smallest absolute Gasteiger partial charge is 0.245 e. The average Bonchev–Trinajstić information content (AvgIpc) is 2.70. The molecule has 183 valence electrons. The summed E-state index contributed by atoms with van der Waals surface area (Å²) in [7, 11) is 3.51. The third-order valence-electron chi connectivity index (χ3n) is 6.08. The van der Waals surface area contributed by atoms with Gasteiger partial charge in [-0.2, -0.15) is 0 Å². The monoisotopic (exact) mass is 473 g/mol. The van der Waals surface area contributed by atoms with Crippen LogP contribution in [0.15, 0.2) is 17.1 Å². The van der Waals surface area contributed by atoms with Crippen LogP contribution in [0.5, 0.6) is 5.75 Å². The molecule has 0 heterocycles. The maximum atomic E-state index is 12.7. The zero-order valence-electron chi connectivity index (χ0n) is 21.5. The van der Waals surface area contributed by atoms with E-state index in [2.05, 4.69) is 37.5 Å². The Bertz CT molecular complexity index is 868. The molecule has 1 aromatic carbocycles. The van der Waals surface area contributed by atoms with Crippen molar-refractivity contribution in [3.63, 3.8) is 0 Å². The summed E-state index contributed by atoms with van der Waals surface area (Å²) >= 11 is 5.61. The number of carbonyl (C=O) groups excluding carboxylic acids is 1. The first kappa shape index (κ1) is 27.1. The van der Waals surface area contributed by atoms with Crippen molar-refractivity contribution in [2.75, 3.05) is 14.1 Å². The molecule has 7 heteroatoms. The predicted octanol–water partition coefficient (Wildman–Crippen LogP) is 4.19. The zero-order chi connectivity index (χ0) is 25.0. The van der Waals surface area contributed by atoms with E-state index in [-0.39, 0.29) is 34.6 Å². The molecule has 0 unspecified atom stereocenters. The number of aromatic hydroxyl groups is 1. The molecule has 0 aromatic heterocycles. The van der Waals surface area contributed by atoms with Crippen molar-refractivity contribution in [2.45, 2.75) is 90.8 Å². The van der Waals surface area contributed by atoms with Crippen LogP contribution in [0.2, 0.25) is 0 Å². The maximum Gasteiger partial charge on any atom is 0.245 e. The molecule has 0 spiro atoms. The number of likely N-dealkylation sites (N-methyl/N-ethyl adjacent to an activating group) is 1. The van der Waals surface area contributed by atoms with E-state index in [1.54, 1.807) is 31.3 Å². The average molecular weight is 474 g/mol. The van der Waals surface area contributed by atoms with E-state index in [0.717, 1.165) is 31.2 Å². The van der Waals surface area contributed by atoms with E-state index in [1.165, 1.54) is 0 Å². The molecule has 0 aliphatic heterocycles. The highest BCUT2D eigenvalue weighted by molar-refractivity contribution is 7.80. The van der Waals surface area contributed by atoms with E-state index < -0.39 is 6.04 Å². The van der Waals surface area contributed by atoms with Gasteiger partial charge in [0, 0.05) is 31.4 Å². The van der Waals surface area contributed by atoms with Gasteiger partial charge in [0.1, 0.15) is 11.8 Å². The van der Waals surface area contributed by atoms with Crippen molar-refractivity contribution in [1.82, 2.24) is 15.5 Å². The number of hydrogen-bond acceptors (Lipinski definition) is 4. The van der Waals surface area contributed by atoms with Crippen LogP contribution in [-0.2, 0) is 10.2 Å². The number of hydrogen-bond donors (Lipinski definition) is 3. The lowest BCUT2D eigenvalue weighted by atomic mass is 9.85. The Morgan fingerprint density at radius 1 is 1.21 bits per heavy atom. The van der Waals surface area contributed by atoms with Gasteiger partial charge >= 0.3 is 0 Å². The van der Waals surface area contributed by atoms with E-state index >= 15 is 0 Å². The van der Waals surface area contributed by atoms with Crippen LogP contribution in [0.4, 0.5) is 0 Å². The Kier molecular flexibility index (Phi) is 8.91. The normalized spacial score (nSPS) is 20.4. The van der Waals surface area contributed by atoms with Gasteiger partial charge in [0.15, 0.2) is 5.11 Å². The molecular formula is C26H41N4O2S. The molecule has 33 heavy (non-hydrogen) atoms. The molecule has 2 rings (SSSR count). The van der Waals surface area contributed by atoms with Gasteiger partial charge < -0.3 is 20.6 Å². The van der Waals surface area contributed by atoms with Crippen LogP contribution in [0.1, 0.15) is 78.4 Å². The topological polar surface area (TPSA) is 77.0 Å². The minimum Gasteiger partial charge on any atom is -0.507 e. The zero-order valence-corrected chi connectivity index (χ0v) is 22.3. The lowest BCUT2D eigenvalue weighted by molar-refractivity contribution is -0.133. The van der Waals surface area contributed by atoms with E-state index in [1.807, 2.05) is 26.8 Å². The standard InChI is InChI=1S/C26H41N4O2S/c1-25(2,3)18-13-11-12-17(21(18)31)16-27-19-14-9-10-15-20(19)28-24(33)29-22(26(4,5)6)23(32)30(7)8/h12-13,16,19-20,22,31H,9-10,14-15H2,1-8H3,(H2,28,29,33)/t19-,20-,22-/m1/s1. The number of amides is 1. The molecule has 3 atom stereocenters. The van der Waals surface area contributed by atoms with Crippen LogP contribution < -0.4 is 10.6 Å². The fourth-order valence-electron chi connectivity index (χ4n) is 4.06. The number of thiocarbonyl (C=S) groups is 1. The van der Waals surface area contributed by atoms with Crippen LogP contribution in [-0.4, -0.2) is 59.5 Å². The minimum absolute atomic E-state index is 0.00433. The lowest BCUT2D eigenvalue weighted by Crippen LogP contribution is -2.57. The van der Waals surface area contributed by atoms with Crippen molar-refractivity contribution < 1.29 is 9.90 Å². The number of nitrogens with zero attached hydrogens (tertiary/aromatic N) is 2. The highest BCUT2D eigenvalue weighted by Gasteiger charge is 2.34. The summed E-state index contributed by atoms with van der Waals surface area (Å²) in [6.07, 6.45) is 5.86. The quantitative estimate of drug-likeness (QED) is 0.442. The summed E-state index contributed by atoms with van der Waals surface area (Å²) in [6.45, 7) is 12.3. The number of benzene rings is 1. The highest BCUT2D eigenvalue weighted by Crippen LogP contribution is 2.32. The van der Waals surface area contributed by atoms with Crippen molar-refractivity contribution in [1.29, 1.82) is 0 Å². The second kappa shape index (κ2) is 10.9. The molecule has 1 aliphatic rings. The second-order valence-corrected chi connectivity index (χ2v) is 11.7. The number of carbonyl (C=O) groups is 1. The molecule has 1 fully saturated rings. The van der Waals surface area contributed by atoms with Gasteiger partial charge in [-0.05, 0) is 54.1 Å². The van der Waals surface area contributed by atoms with Gasteiger partial charge in [-0.25, -0.2) is 0 Å². The number of aliphatic imine (C=N–C) groups is 1. The van der Waals surface area contributed by atoms with Crippen LogP contribution in [0, 0.1) is 11.5 Å². The summed E-state index contributed by atoms with van der Waals surface area (Å²) in [6, 6.07) is 6.42. The fourth-order valence-corrected chi connectivity index (χ4v) is 4.33. The minimum atomic E-state index is -0.425. The maximum absolute atomic E-state index is 12.7. The third kappa shape index (κ3) is 7.42. The second-order valence-electron chi connectivity index (χ2n) is 11.3. The van der Waals surface area contributed by atoms with Crippen LogP contribution >= 0.6 is 12.2 Å².